The molecule has 0 amide bonds. The number of hydrogen-bond acceptors (Lipinski definition) is 15. The lowest BCUT2D eigenvalue weighted by Crippen LogP contribution is -2.30. The molecule has 0 bridgehead atoms. The van der Waals surface area contributed by atoms with E-state index >= 15 is 0 Å². The van der Waals surface area contributed by atoms with Gasteiger partial charge in [-0.15, -0.1) is 0 Å². The maximum absolute atomic E-state index is 13.0. The molecule has 87 heavy (non-hydrogen) atoms. The average molecular weight is 1280 g/mol. The maximum atomic E-state index is 13.0. The fourth-order valence-corrected chi connectivity index (χ4v) is 11.8. The van der Waals surface area contributed by atoms with Crippen molar-refractivity contribution < 1.29 is 80.2 Å². The molecule has 0 radical (unpaired) electrons. The van der Waals surface area contributed by atoms with Crippen molar-refractivity contribution in [1.29, 1.82) is 0 Å². The summed E-state index contributed by atoms with van der Waals surface area (Å²) in [5, 5.41) is 10.5. The molecule has 17 nitrogen and oxygen atoms in total. The topological polar surface area (TPSA) is 237 Å². The third-order valence-corrected chi connectivity index (χ3v) is 17.5. The first kappa shape index (κ1) is 85.1. The fourth-order valence-electron chi connectivity index (χ4n) is 10.2. The van der Waals surface area contributed by atoms with Crippen LogP contribution in [0.3, 0.4) is 0 Å². The van der Waals surface area contributed by atoms with Gasteiger partial charge in [0.2, 0.25) is 0 Å². The largest absolute Gasteiger partial charge is 0.472 e. The molecule has 0 aliphatic rings. The molecule has 0 spiro atoms. The van der Waals surface area contributed by atoms with Crippen LogP contribution < -0.4 is 0 Å². The van der Waals surface area contributed by atoms with E-state index in [1.165, 1.54) is 135 Å². The van der Waals surface area contributed by atoms with Crippen LogP contribution in [0.25, 0.3) is 0 Å². The predicted octanol–water partition coefficient (Wildman–Crippen LogP) is 19.1. The van der Waals surface area contributed by atoms with Crippen molar-refractivity contribution in [3.63, 3.8) is 0 Å². The Morgan fingerprint density at radius 2 is 0.529 bits per heavy atom. The Morgan fingerprint density at radius 1 is 0.310 bits per heavy atom. The third kappa shape index (κ3) is 62.6. The van der Waals surface area contributed by atoms with Crippen LogP contribution in [-0.4, -0.2) is 96.7 Å². The first-order chi connectivity index (χ1) is 41.7. The van der Waals surface area contributed by atoms with Gasteiger partial charge in [-0.3, -0.25) is 37.3 Å². The Hall–Kier alpha value is -1.94. The zero-order valence-corrected chi connectivity index (χ0v) is 58.3. The number of hydrogen-bond donors (Lipinski definition) is 3. The normalized spacial score (nSPS) is 14.3. The molecular weight excluding hydrogens is 1150 g/mol. The Balaban J connectivity index is 5.13. The highest BCUT2D eigenvalue weighted by Crippen LogP contribution is 2.45. The number of unbranched alkanes of at least 4 members (excludes halogenated alkanes) is 34. The van der Waals surface area contributed by atoms with Gasteiger partial charge in [0.15, 0.2) is 12.2 Å². The minimum atomic E-state index is -4.95. The smallest absolute Gasteiger partial charge is 0.462 e. The monoisotopic (exact) mass is 1280 g/mol. The molecule has 0 aromatic heterocycles. The first-order valence-electron chi connectivity index (χ1n) is 35.3. The molecule has 0 heterocycles. The van der Waals surface area contributed by atoms with Crippen LogP contribution in [0.15, 0.2) is 0 Å². The van der Waals surface area contributed by atoms with E-state index in [9.17, 15) is 43.2 Å². The molecule has 19 heteroatoms. The lowest BCUT2D eigenvalue weighted by Gasteiger charge is -2.21. The number of ether oxygens (including phenoxy) is 4. The molecule has 516 valence electrons. The number of phosphoric ester groups is 2. The summed E-state index contributed by atoms with van der Waals surface area (Å²) in [6.07, 6.45) is 42.4. The van der Waals surface area contributed by atoms with E-state index in [0.717, 1.165) is 103 Å². The van der Waals surface area contributed by atoms with Gasteiger partial charge in [-0.05, 0) is 43.4 Å². The molecule has 0 aromatic carbocycles. The summed E-state index contributed by atoms with van der Waals surface area (Å²) in [7, 11) is -9.89. The molecule has 0 rings (SSSR count). The van der Waals surface area contributed by atoms with Crippen molar-refractivity contribution in [3.05, 3.63) is 0 Å². The van der Waals surface area contributed by atoms with E-state index < -0.39 is 97.5 Å². The number of aliphatic hydroxyl groups is 1. The van der Waals surface area contributed by atoms with Crippen molar-refractivity contribution in [2.24, 2.45) is 17.8 Å². The van der Waals surface area contributed by atoms with Gasteiger partial charge in [-0.2, -0.15) is 0 Å². The van der Waals surface area contributed by atoms with Crippen LogP contribution in [0.5, 0.6) is 0 Å². The highest BCUT2D eigenvalue weighted by atomic mass is 31.2. The summed E-state index contributed by atoms with van der Waals surface area (Å²) in [6, 6.07) is 0. The minimum absolute atomic E-state index is 0.101. The lowest BCUT2D eigenvalue weighted by atomic mass is 10.0. The maximum Gasteiger partial charge on any atom is 0.472 e. The Morgan fingerprint density at radius 3 is 0.782 bits per heavy atom. The van der Waals surface area contributed by atoms with Gasteiger partial charge < -0.3 is 33.8 Å². The van der Waals surface area contributed by atoms with Crippen LogP contribution in [0.1, 0.15) is 337 Å². The van der Waals surface area contributed by atoms with Gasteiger partial charge in [0.1, 0.15) is 19.3 Å². The Kier molecular flexibility index (Phi) is 57.8. The van der Waals surface area contributed by atoms with E-state index in [4.69, 9.17) is 37.0 Å². The van der Waals surface area contributed by atoms with E-state index in [1.807, 2.05) is 0 Å². The summed E-state index contributed by atoms with van der Waals surface area (Å²) in [6.45, 7) is 11.6. The summed E-state index contributed by atoms with van der Waals surface area (Å²) >= 11 is 0. The molecular formula is C68H132O17P2. The van der Waals surface area contributed by atoms with Crippen molar-refractivity contribution in [2.75, 3.05) is 39.6 Å². The number of aliphatic hydroxyl groups excluding tert-OH is 1. The standard InChI is InChI=1S/C68H132O17P2/c1-8-9-10-11-12-13-14-15-16-17-18-19-20-21-22-23-24-25-37-44-51-67(72)84-63(55-78-65(70)49-42-35-29-26-32-39-46-59(2)3)57-82-86(74,75)80-53-62(69)54-81-87(76,77)83-58-64(85-68(73)52-45-38-31-28-34-41-48-61(6)7)56-79-66(71)50-43-36-30-27-33-40-47-60(4)5/h59-64,69H,8-58H2,1-7H3,(H,74,75)(H,76,77)/t62-,63-,64-/m1/s1. The third-order valence-electron chi connectivity index (χ3n) is 15.6. The van der Waals surface area contributed by atoms with Crippen molar-refractivity contribution in [2.45, 2.75) is 356 Å². The second-order valence-corrected chi connectivity index (χ2v) is 28.9. The first-order valence-corrected chi connectivity index (χ1v) is 38.3. The van der Waals surface area contributed by atoms with Gasteiger partial charge in [0, 0.05) is 25.7 Å². The van der Waals surface area contributed by atoms with Crippen LogP contribution in [0, 0.1) is 17.8 Å². The van der Waals surface area contributed by atoms with Gasteiger partial charge >= 0.3 is 39.5 Å². The molecule has 0 saturated carbocycles. The summed E-state index contributed by atoms with van der Waals surface area (Å²) in [5.41, 5.74) is 0. The molecule has 2 unspecified atom stereocenters. The summed E-state index contributed by atoms with van der Waals surface area (Å²) in [4.78, 5) is 72.2. The quantitative estimate of drug-likeness (QED) is 0.0222. The van der Waals surface area contributed by atoms with E-state index in [1.54, 1.807) is 0 Å². The number of rotatable bonds is 66. The SMILES string of the molecule is CCCCCCCCCCCCCCCCCCCCCCC(=O)O[C@H](COC(=O)CCCCCCCCC(C)C)COP(=O)(O)OC[C@@H](O)COP(=O)(O)OC[C@@H](COC(=O)CCCCCCCCC(C)C)OC(=O)CCCCCCCCC(C)C. The average Bonchev–Trinajstić information content (AvgIpc) is 3.64. The van der Waals surface area contributed by atoms with Gasteiger partial charge in [0.25, 0.3) is 0 Å². The van der Waals surface area contributed by atoms with Crippen LogP contribution in [-0.2, 0) is 65.4 Å². The van der Waals surface area contributed by atoms with Crippen molar-refractivity contribution >= 4 is 39.5 Å². The van der Waals surface area contributed by atoms with E-state index in [0.29, 0.717) is 43.4 Å². The number of carbonyl (C=O) groups is 4. The van der Waals surface area contributed by atoms with E-state index in [-0.39, 0.29) is 25.7 Å². The zero-order chi connectivity index (χ0) is 64.5. The highest BCUT2D eigenvalue weighted by Gasteiger charge is 2.30. The molecule has 0 aromatic rings. The van der Waals surface area contributed by atoms with Crippen molar-refractivity contribution in [1.82, 2.24) is 0 Å². The fraction of sp³-hybridized carbons (Fsp3) is 0.941. The lowest BCUT2D eigenvalue weighted by molar-refractivity contribution is -0.161. The van der Waals surface area contributed by atoms with Crippen molar-refractivity contribution in [3.8, 4) is 0 Å². The van der Waals surface area contributed by atoms with E-state index in [2.05, 4.69) is 48.5 Å². The molecule has 0 saturated heterocycles. The zero-order valence-electron chi connectivity index (χ0n) is 56.5. The second kappa shape index (κ2) is 59.1. The Labute approximate surface area is 530 Å². The minimum Gasteiger partial charge on any atom is -0.462 e. The second-order valence-electron chi connectivity index (χ2n) is 26.0. The molecule has 0 aliphatic heterocycles. The Bertz CT molecular complexity index is 1720. The highest BCUT2D eigenvalue weighted by molar-refractivity contribution is 7.47. The summed E-state index contributed by atoms with van der Waals surface area (Å²) in [5.74, 6) is -0.112. The molecule has 0 fully saturated rings. The van der Waals surface area contributed by atoms with Gasteiger partial charge in [0.05, 0.1) is 26.4 Å². The van der Waals surface area contributed by atoms with Crippen LogP contribution in [0.2, 0.25) is 0 Å². The number of carbonyl (C=O) groups excluding carboxylic acids is 4. The molecule has 5 atom stereocenters. The summed E-state index contributed by atoms with van der Waals surface area (Å²) < 4.78 is 68.0. The molecule has 0 aliphatic carbocycles. The van der Waals surface area contributed by atoms with Gasteiger partial charge in [-0.25, -0.2) is 9.13 Å². The van der Waals surface area contributed by atoms with Crippen LogP contribution in [0.4, 0.5) is 0 Å². The number of phosphoric acid groups is 2. The van der Waals surface area contributed by atoms with Gasteiger partial charge in [-0.1, -0.05) is 286 Å². The van der Waals surface area contributed by atoms with Crippen LogP contribution >= 0.6 is 15.6 Å². The number of esters is 4. The predicted molar refractivity (Wildman–Crippen MR) is 349 cm³/mol. The molecule has 3 N–H and O–H groups in total.